The zero-order chi connectivity index (χ0) is 10.5. The molecule has 2 rings (SSSR count). The summed E-state index contributed by atoms with van der Waals surface area (Å²) in [5.41, 5.74) is 9.45. The smallest absolute Gasteiger partial charge is 0.0608 e. The van der Waals surface area contributed by atoms with Crippen molar-refractivity contribution in [2.24, 2.45) is 11.7 Å². The number of ether oxygens (including phenoxy) is 1. The number of nitrogens with two attached hydrogens (primary N) is 1. The van der Waals surface area contributed by atoms with Crippen LogP contribution in [-0.2, 0) is 4.74 Å². The Labute approximate surface area is 92.1 Å². The fraction of sp³-hybridized carbons (Fsp3) is 1.00. The fourth-order valence-electron chi connectivity index (χ4n) is 2.59. The molecule has 1 aliphatic heterocycles. The lowest BCUT2D eigenvalue weighted by molar-refractivity contribution is -0.00578. The van der Waals surface area contributed by atoms with E-state index in [1.54, 1.807) is 0 Å². The van der Waals surface area contributed by atoms with Gasteiger partial charge in [-0.05, 0) is 25.3 Å². The van der Waals surface area contributed by atoms with Gasteiger partial charge in [0.05, 0.1) is 13.2 Å². The number of morpholine rings is 1. The Kier molecular flexibility index (Phi) is 4.38. The first-order chi connectivity index (χ1) is 7.40. The second kappa shape index (κ2) is 5.80. The largest absolute Gasteiger partial charge is 0.379 e. The van der Waals surface area contributed by atoms with Crippen LogP contribution < -0.4 is 11.2 Å². The minimum absolute atomic E-state index is 0.599. The molecule has 0 bridgehead atoms. The first kappa shape index (κ1) is 11.3. The van der Waals surface area contributed by atoms with Gasteiger partial charge in [0.25, 0.3) is 0 Å². The average molecular weight is 213 g/mol. The maximum atomic E-state index is 5.82. The van der Waals surface area contributed by atoms with Crippen LogP contribution in [0.15, 0.2) is 0 Å². The Morgan fingerprint density at radius 2 is 1.93 bits per heavy atom. The summed E-state index contributed by atoms with van der Waals surface area (Å²) in [5.74, 6) is 0.668. The van der Waals surface area contributed by atoms with Crippen molar-refractivity contribution in [3.05, 3.63) is 0 Å². The average Bonchev–Trinajstić information content (AvgIpc) is 2.31. The number of hydrogen-bond acceptors (Lipinski definition) is 4. The topological polar surface area (TPSA) is 50.5 Å². The normalized spacial score (nSPS) is 34.2. The first-order valence-electron chi connectivity index (χ1n) is 6.19. The van der Waals surface area contributed by atoms with E-state index < -0.39 is 0 Å². The molecule has 2 fully saturated rings. The summed E-state index contributed by atoms with van der Waals surface area (Å²) in [6.45, 7) is 4.55. The van der Waals surface area contributed by atoms with Crippen molar-refractivity contribution in [3.63, 3.8) is 0 Å². The number of hydrazine groups is 1. The van der Waals surface area contributed by atoms with Gasteiger partial charge in [-0.1, -0.05) is 12.8 Å². The Balaban J connectivity index is 1.79. The third kappa shape index (κ3) is 3.14. The van der Waals surface area contributed by atoms with Gasteiger partial charge >= 0.3 is 0 Å². The van der Waals surface area contributed by atoms with Crippen LogP contribution in [0.5, 0.6) is 0 Å². The number of nitrogens with one attached hydrogen (secondary N) is 1. The van der Waals surface area contributed by atoms with E-state index in [2.05, 4.69) is 10.4 Å². The summed E-state index contributed by atoms with van der Waals surface area (Å²) in [7, 11) is 0. The van der Waals surface area contributed by atoms with Gasteiger partial charge in [-0.25, -0.2) is 5.01 Å². The van der Waals surface area contributed by atoms with Crippen molar-refractivity contribution in [3.8, 4) is 0 Å². The molecule has 2 aliphatic rings. The van der Waals surface area contributed by atoms with E-state index in [-0.39, 0.29) is 0 Å². The van der Waals surface area contributed by atoms with Crippen LogP contribution >= 0.6 is 0 Å². The monoisotopic (exact) mass is 213 g/mol. The molecule has 3 N–H and O–H groups in total. The van der Waals surface area contributed by atoms with Gasteiger partial charge in [-0.15, -0.1) is 0 Å². The van der Waals surface area contributed by atoms with E-state index in [9.17, 15) is 0 Å². The molecule has 1 saturated heterocycles. The summed E-state index contributed by atoms with van der Waals surface area (Å²) in [5, 5.41) is 2.31. The van der Waals surface area contributed by atoms with Crippen LogP contribution in [0.4, 0.5) is 0 Å². The van der Waals surface area contributed by atoms with Crippen LogP contribution in [0.2, 0.25) is 0 Å². The highest BCUT2D eigenvalue weighted by Gasteiger charge is 2.25. The molecule has 0 aromatic carbocycles. The van der Waals surface area contributed by atoms with Crippen LogP contribution in [0.3, 0.4) is 0 Å². The molecule has 1 saturated carbocycles. The highest BCUT2D eigenvalue weighted by atomic mass is 16.5. The summed E-state index contributed by atoms with van der Waals surface area (Å²) in [4.78, 5) is 0. The molecule has 1 aliphatic carbocycles. The minimum atomic E-state index is 0.599. The van der Waals surface area contributed by atoms with E-state index in [1.165, 1.54) is 25.7 Å². The molecule has 2 unspecified atom stereocenters. The predicted octanol–water partition coefficient (Wildman–Crippen LogP) is 0.341. The van der Waals surface area contributed by atoms with E-state index in [4.69, 9.17) is 10.5 Å². The van der Waals surface area contributed by atoms with Crippen LogP contribution in [0.25, 0.3) is 0 Å². The number of hydrogen-bond donors (Lipinski definition) is 2. The fourth-order valence-corrected chi connectivity index (χ4v) is 2.59. The van der Waals surface area contributed by atoms with Crippen LogP contribution in [0, 0.1) is 5.92 Å². The zero-order valence-corrected chi connectivity index (χ0v) is 9.45. The highest BCUT2D eigenvalue weighted by molar-refractivity contribution is 4.81. The van der Waals surface area contributed by atoms with Crippen molar-refractivity contribution < 1.29 is 4.74 Å². The zero-order valence-electron chi connectivity index (χ0n) is 9.45. The number of nitrogens with zero attached hydrogens (tertiary/aromatic N) is 1. The molecular formula is C11H23N3O. The Morgan fingerprint density at radius 1 is 1.20 bits per heavy atom. The summed E-state index contributed by atoms with van der Waals surface area (Å²) >= 11 is 0. The van der Waals surface area contributed by atoms with E-state index in [1.807, 2.05) is 0 Å². The molecule has 2 atom stereocenters. The molecule has 0 amide bonds. The summed E-state index contributed by atoms with van der Waals surface area (Å²) < 4.78 is 5.34. The molecule has 0 spiro atoms. The molecule has 15 heavy (non-hydrogen) atoms. The van der Waals surface area contributed by atoms with Crippen molar-refractivity contribution in [1.29, 1.82) is 0 Å². The lowest BCUT2D eigenvalue weighted by Crippen LogP contribution is -2.54. The maximum Gasteiger partial charge on any atom is 0.0608 e. The lowest BCUT2D eigenvalue weighted by Gasteiger charge is -2.37. The Morgan fingerprint density at radius 3 is 2.67 bits per heavy atom. The minimum Gasteiger partial charge on any atom is -0.379 e. The van der Waals surface area contributed by atoms with Crippen molar-refractivity contribution in [2.45, 2.75) is 31.7 Å². The third-order valence-electron chi connectivity index (χ3n) is 3.57. The predicted molar refractivity (Wildman–Crippen MR) is 60.3 cm³/mol. The summed E-state index contributed by atoms with van der Waals surface area (Å²) in [6.07, 6.45) is 5.26. The summed E-state index contributed by atoms with van der Waals surface area (Å²) in [6, 6.07) is 0.599. The maximum absolute atomic E-state index is 5.82. The first-order valence-corrected chi connectivity index (χ1v) is 6.19. The van der Waals surface area contributed by atoms with Gasteiger partial charge < -0.3 is 10.5 Å². The van der Waals surface area contributed by atoms with Gasteiger partial charge in [0.2, 0.25) is 0 Å². The van der Waals surface area contributed by atoms with Gasteiger partial charge in [-0.3, -0.25) is 5.43 Å². The third-order valence-corrected chi connectivity index (χ3v) is 3.57. The van der Waals surface area contributed by atoms with Crippen molar-refractivity contribution in [2.75, 3.05) is 32.8 Å². The second-order valence-electron chi connectivity index (χ2n) is 4.62. The van der Waals surface area contributed by atoms with Crippen molar-refractivity contribution >= 4 is 0 Å². The van der Waals surface area contributed by atoms with E-state index >= 15 is 0 Å². The molecule has 0 aromatic rings. The molecule has 88 valence electrons. The second-order valence-corrected chi connectivity index (χ2v) is 4.62. The lowest BCUT2D eigenvalue weighted by atomic mass is 9.85. The van der Waals surface area contributed by atoms with Gasteiger partial charge in [0.15, 0.2) is 0 Å². The van der Waals surface area contributed by atoms with Gasteiger partial charge in [0, 0.05) is 19.1 Å². The highest BCUT2D eigenvalue weighted by Crippen LogP contribution is 2.23. The standard InChI is InChI=1S/C11H23N3O/c12-9-10-3-1-2-4-11(10)13-14-5-7-15-8-6-14/h10-11,13H,1-9,12H2. The van der Waals surface area contributed by atoms with Crippen LogP contribution in [0.1, 0.15) is 25.7 Å². The van der Waals surface area contributed by atoms with Crippen LogP contribution in [-0.4, -0.2) is 43.9 Å². The molecule has 0 aromatic heterocycles. The van der Waals surface area contributed by atoms with Crippen molar-refractivity contribution in [1.82, 2.24) is 10.4 Å². The molecule has 0 radical (unpaired) electrons. The number of rotatable bonds is 3. The van der Waals surface area contributed by atoms with E-state index in [0.29, 0.717) is 12.0 Å². The molecule has 4 nitrogen and oxygen atoms in total. The Hall–Kier alpha value is -0.160. The van der Waals surface area contributed by atoms with Gasteiger partial charge in [0.1, 0.15) is 0 Å². The van der Waals surface area contributed by atoms with Gasteiger partial charge in [-0.2, -0.15) is 0 Å². The molecule has 1 heterocycles. The Bertz CT molecular complexity index is 183. The quantitative estimate of drug-likeness (QED) is 0.710. The molecular weight excluding hydrogens is 190 g/mol. The molecule has 4 heteroatoms. The SMILES string of the molecule is NCC1CCCCC1NN1CCOCC1. The van der Waals surface area contributed by atoms with E-state index in [0.717, 1.165) is 32.8 Å².